The molecule has 188 valence electrons. The van der Waals surface area contributed by atoms with Crippen molar-refractivity contribution in [3.63, 3.8) is 0 Å². The smallest absolute Gasteiger partial charge is 0.328 e. The summed E-state index contributed by atoms with van der Waals surface area (Å²) in [6, 6.07) is 32.7. The molecule has 2 atom stereocenters. The highest BCUT2D eigenvalue weighted by molar-refractivity contribution is 6.04. The molecule has 2 heterocycles. The minimum atomic E-state index is -0.799. The lowest BCUT2D eigenvalue weighted by Crippen LogP contribution is -2.46. The highest BCUT2D eigenvalue weighted by atomic mass is 16.5. The van der Waals surface area contributed by atoms with Gasteiger partial charge in [0, 0.05) is 28.5 Å². The number of ether oxygens (including phenoxy) is 1. The van der Waals surface area contributed by atoms with Crippen molar-refractivity contribution < 1.29 is 14.3 Å². The van der Waals surface area contributed by atoms with E-state index in [0.717, 1.165) is 38.9 Å². The Morgan fingerprint density at radius 3 is 2.34 bits per heavy atom. The highest BCUT2D eigenvalue weighted by Crippen LogP contribution is 2.46. The third kappa shape index (κ3) is 3.97. The SMILES string of the molecule is COC(=O)C(Cc1ccccc1)N1C(=O)c2ccccc2C1c1c(-c2ccc(C)cc2)[nH]c2ccccc12. The molecule has 0 bridgehead atoms. The molecule has 5 nitrogen and oxygen atoms in total. The van der Waals surface area contributed by atoms with Crippen LogP contribution in [0.4, 0.5) is 0 Å². The summed E-state index contributed by atoms with van der Waals surface area (Å²) in [5.41, 5.74) is 7.55. The van der Waals surface area contributed by atoms with Gasteiger partial charge >= 0.3 is 5.97 Å². The van der Waals surface area contributed by atoms with Crippen LogP contribution in [0.3, 0.4) is 0 Å². The van der Waals surface area contributed by atoms with Crippen LogP contribution in [0.5, 0.6) is 0 Å². The van der Waals surface area contributed by atoms with Gasteiger partial charge in [0.2, 0.25) is 0 Å². The van der Waals surface area contributed by atoms with Gasteiger partial charge in [0.1, 0.15) is 6.04 Å². The summed E-state index contributed by atoms with van der Waals surface area (Å²) >= 11 is 0. The number of nitrogens with zero attached hydrogens (tertiary/aromatic N) is 1. The van der Waals surface area contributed by atoms with Gasteiger partial charge in [0.05, 0.1) is 18.8 Å². The second-order valence-electron chi connectivity index (χ2n) is 9.76. The number of aryl methyl sites for hydroxylation is 1. The number of H-pyrrole nitrogens is 1. The predicted molar refractivity (Wildman–Crippen MR) is 149 cm³/mol. The predicted octanol–water partition coefficient (Wildman–Crippen LogP) is 6.47. The number of para-hydroxylation sites is 1. The number of esters is 1. The Balaban J connectivity index is 1.60. The third-order valence-corrected chi connectivity index (χ3v) is 7.44. The van der Waals surface area contributed by atoms with Gasteiger partial charge in [0.15, 0.2) is 0 Å². The molecule has 2 unspecified atom stereocenters. The Hall–Kier alpha value is -4.64. The van der Waals surface area contributed by atoms with Crippen LogP contribution in [-0.4, -0.2) is 34.9 Å². The molecule has 0 spiro atoms. The Kier molecular flexibility index (Phi) is 6.04. The van der Waals surface area contributed by atoms with Gasteiger partial charge in [-0.15, -0.1) is 0 Å². The van der Waals surface area contributed by atoms with Gasteiger partial charge in [-0.25, -0.2) is 4.79 Å². The molecule has 1 aromatic heterocycles. The van der Waals surface area contributed by atoms with Gasteiger partial charge < -0.3 is 14.6 Å². The van der Waals surface area contributed by atoms with Crippen LogP contribution in [0.1, 0.15) is 38.7 Å². The van der Waals surface area contributed by atoms with Crippen molar-refractivity contribution in [3.8, 4) is 11.3 Å². The standard InChI is InChI=1S/C33H28N2O3/c1-21-16-18-23(19-17-21)30-29(26-14-8-9-15-27(26)34-30)31-24-12-6-7-13-25(24)32(36)35(31)28(33(37)38-2)20-22-10-4-3-5-11-22/h3-19,28,31,34H,20H2,1-2H3. The van der Waals surface area contributed by atoms with Gasteiger partial charge in [-0.1, -0.05) is 96.6 Å². The van der Waals surface area contributed by atoms with Crippen LogP contribution in [0, 0.1) is 6.92 Å². The molecule has 6 rings (SSSR count). The number of methoxy groups -OCH3 is 1. The number of hydrogen-bond acceptors (Lipinski definition) is 3. The number of amides is 1. The van der Waals surface area contributed by atoms with Crippen molar-refractivity contribution in [3.05, 3.63) is 131 Å². The van der Waals surface area contributed by atoms with Crippen LogP contribution >= 0.6 is 0 Å². The largest absolute Gasteiger partial charge is 0.467 e. The van der Waals surface area contributed by atoms with E-state index in [9.17, 15) is 9.59 Å². The van der Waals surface area contributed by atoms with Crippen LogP contribution in [0.25, 0.3) is 22.2 Å². The molecular formula is C33H28N2O3. The van der Waals surface area contributed by atoms with E-state index in [1.54, 1.807) is 4.90 Å². The molecule has 5 aromatic rings. The van der Waals surface area contributed by atoms with E-state index in [0.29, 0.717) is 12.0 Å². The molecule has 0 saturated heterocycles. The number of aromatic amines is 1. The van der Waals surface area contributed by atoms with Crippen molar-refractivity contribution in [2.45, 2.75) is 25.4 Å². The highest BCUT2D eigenvalue weighted by Gasteiger charge is 2.46. The molecule has 1 aliphatic heterocycles. The molecular weight excluding hydrogens is 472 g/mol. The van der Waals surface area contributed by atoms with E-state index in [1.807, 2.05) is 72.8 Å². The van der Waals surface area contributed by atoms with E-state index in [-0.39, 0.29) is 5.91 Å². The molecule has 38 heavy (non-hydrogen) atoms. The Morgan fingerprint density at radius 2 is 1.58 bits per heavy atom. The second-order valence-corrected chi connectivity index (χ2v) is 9.76. The molecule has 5 heteroatoms. The lowest BCUT2D eigenvalue weighted by Gasteiger charge is -2.32. The number of aromatic nitrogens is 1. The molecule has 1 amide bonds. The Bertz CT molecular complexity index is 1640. The van der Waals surface area contributed by atoms with Gasteiger partial charge in [-0.2, -0.15) is 0 Å². The van der Waals surface area contributed by atoms with Gasteiger partial charge in [-0.3, -0.25) is 4.79 Å². The molecule has 0 aliphatic carbocycles. The van der Waals surface area contributed by atoms with Crippen molar-refractivity contribution in [2.24, 2.45) is 0 Å². The summed E-state index contributed by atoms with van der Waals surface area (Å²) in [5, 5.41) is 1.02. The fourth-order valence-corrected chi connectivity index (χ4v) is 5.62. The average Bonchev–Trinajstić information content (AvgIpc) is 3.47. The van der Waals surface area contributed by atoms with Gasteiger partial charge in [-0.05, 0) is 35.7 Å². The topological polar surface area (TPSA) is 62.4 Å². The number of rotatable bonds is 6. The lowest BCUT2D eigenvalue weighted by atomic mass is 9.92. The summed E-state index contributed by atoms with van der Waals surface area (Å²) in [6.07, 6.45) is 0.353. The molecule has 0 saturated carbocycles. The van der Waals surface area contributed by atoms with Crippen molar-refractivity contribution in [1.82, 2.24) is 9.88 Å². The summed E-state index contributed by atoms with van der Waals surface area (Å²) in [4.78, 5) is 32.8. The summed E-state index contributed by atoms with van der Waals surface area (Å²) in [5.74, 6) is -0.603. The zero-order valence-corrected chi connectivity index (χ0v) is 21.3. The zero-order valence-electron chi connectivity index (χ0n) is 21.3. The first kappa shape index (κ1) is 23.7. The third-order valence-electron chi connectivity index (χ3n) is 7.44. The quantitative estimate of drug-likeness (QED) is 0.272. The minimum absolute atomic E-state index is 0.169. The van der Waals surface area contributed by atoms with Crippen LogP contribution in [0.15, 0.2) is 103 Å². The fraction of sp³-hybridized carbons (Fsp3) is 0.152. The maximum absolute atomic E-state index is 14.1. The zero-order chi connectivity index (χ0) is 26.2. The maximum Gasteiger partial charge on any atom is 0.328 e. The minimum Gasteiger partial charge on any atom is -0.467 e. The Morgan fingerprint density at radius 1 is 0.895 bits per heavy atom. The maximum atomic E-state index is 14.1. The van der Waals surface area contributed by atoms with Crippen LogP contribution < -0.4 is 0 Å². The van der Waals surface area contributed by atoms with Gasteiger partial charge in [0.25, 0.3) is 5.91 Å². The number of fused-ring (bicyclic) bond motifs is 2. The first-order chi connectivity index (χ1) is 18.6. The van der Waals surface area contributed by atoms with Crippen molar-refractivity contribution >= 4 is 22.8 Å². The van der Waals surface area contributed by atoms with Crippen molar-refractivity contribution in [2.75, 3.05) is 7.11 Å². The number of carbonyl (C=O) groups is 2. The lowest BCUT2D eigenvalue weighted by molar-refractivity contribution is -0.146. The normalized spacial score (nSPS) is 15.5. The van der Waals surface area contributed by atoms with Crippen LogP contribution in [0.2, 0.25) is 0 Å². The summed E-state index contributed by atoms with van der Waals surface area (Å²) in [7, 11) is 1.38. The van der Waals surface area contributed by atoms with E-state index in [4.69, 9.17) is 4.74 Å². The number of carbonyl (C=O) groups excluding carboxylic acids is 2. The fourth-order valence-electron chi connectivity index (χ4n) is 5.62. The van der Waals surface area contributed by atoms with Crippen LogP contribution in [-0.2, 0) is 16.0 Å². The monoisotopic (exact) mass is 500 g/mol. The summed E-state index contributed by atoms with van der Waals surface area (Å²) < 4.78 is 5.28. The number of benzene rings is 4. The molecule has 1 N–H and O–H groups in total. The first-order valence-corrected chi connectivity index (χ1v) is 12.8. The second kappa shape index (κ2) is 9.67. The van der Waals surface area contributed by atoms with E-state index >= 15 is 0 Å². The van der Waals surface area contributed by atoms with E-state index in [1.165, 1.54) is 12.7 Å². The molecule has 4 aromatic carbocycles. The first-order valence-electron chi connectivity index (χ1n) is 12.8. The number of hydrogen-bond donors (Lipinski definition) is 1. The number of nitrogens with one attached hydrogen (secondary N) is 1. The Labute approximate surface area is 221 Å². The summed E-state index contributed by atoms with van der Waals surface area (Å²) in [6.45, 7) is 2.06. The molecule has 1 aliphatic rings. The van der Waals surface area contributed by atoms with E-state index < -0.39 is 18.1 Å². The van der Waals surface area contributed by atoms with E-state index in [2.05, 4.69) is 42.2 Å². The molecule has 0 radical (unpaired) electrons. The molecule has 0 fully saturated rings. The average molecular weight is 501 g/mol. The van der Waals surface area contributed by atoms with Crippen molar-refractivity contribution in [1.29, 1.82) is 0 Å².